The van der Waals surface area contributed by atoms with Gasteiger partial charge in [-0.05, 0) is 31.0 Å². The molecule has 6 nitrogen and oxygen atoms in total. The second kappa shape index (κ2) is 6.25. The van der Waals surface area contributed by atoms with Gasteiger partial charge in [0.05, 0.1) is 5.92 Å². The van der Waals surface area contributed by atoms with Gasteiger partial charge in [0.1, 0.15) is 5.01 Å². The molecule has 1 aliphatic heterocycles. The maximum absolute atomic E-state index is 12.4. The highest BCUT2D eigenvalue weighted by Crippen LogP contribution is 2.42. The van der Waals surface area contributed by atoms with Crippen molar-refractivity contribution in [2.24, 2.45) is 5.92 Å². The van der Waals surface area contributed by atoms with Crippen molar-refractivity contribution in [1.29, 1.82) is 0 Å². The lowest BCUT2D eigenvalue weighted by Gasteiger charge is -2.16. The Bertz CT molecular complexity index is 805. The molecule has 1 unspecified atom stereocenters. The molecule has 1 saturated carbocycles. The summed E-state index contributed by atoms with van der Waals surface area (Å²) in [5, 5.41) is 12.5. The van der Waals surface area contributed by atoms with E-state index >= 15 is 0 Å². The van der Waals surface area contributed by atoms with Crippen molar-refractivity contribution in [2.45, 2.75) is 25.2 Å². The van der Waals surface area contributed by atoms with Crippen LogP contribution in [0.4, 0.5) is 10.8 Å². The van der Waals surface area contributed by atoms with Gasteiger partial charge in [-0.1, -0.05) is 33.3 Å². The summed E-state index contributed by atoms with van der Waals surface area (Å²) in [6.45, 7) is 0.384. The predicted octanol–water partition coefficient (Wildman–Crippen LogP) is 3.17. The van der Waals surface area contributed by atoms with E-state index in [2.05, 4.69) is 31.4 Å². The van der Waals surface area contributed by atoms with Gasteiger partial charge in [-0.3, -0.25) is 9.59 Å². The van der Waals surface area contributed by atoms with Gasteiger partial charge in [0.25, 0.3) is 0 Å². The van der Waals surface area contributed by atoms with Gasteiger partial charge in [-0.2, -0.15) is 0 Å². The summed E-state index contributed by atoms with van der Waals surface area (Å²) in [6.07, 6.45) is 2.52. The third kappa shape index (κ3) is 3.21. The lowest BCUT2D eigenvalue weighted by atomic mass is 10.1. The fraction of sp³-hybridized carbons (Fsp3) is 0.375. The first kappa shape index (κ1) is 15.7. The van der Waals surface area contributed by atoms with Gasteiger partial charge in [-0.25, -0.2) is 0 Å². The van der Waals surface area contributed by atoms with Crippen LogP contribution in [0.3, 0.4) is 0 Å². The number of benzene rings is 1. The molecule has 2 amide bonds. The van der Waals surface area contributed by atoms with Crippen molar-refractivity contribution in [3.8, 4) is 0 Å². The zero-order valence-corrected chi connectivity index (χ0v) is 15.1. The lowest BCUT2D eigenvalue weighted by molar-refractivity contribution is -0.122. The van der Waals surface area contributed by atoms with Gasteiger partial charge in [-0.15, -0.1) is 10.2 Å². The monoisotopic (exact) mass is 406 g/mol. The molecule has 24 heavy (non-hydrogen) atoms. The highest BCUT2D eigenvalue weighted by Gasteiger charge is 2.36. The molecule has 0 spiro atoms. The Morgan fingerprint density at radius 3 is 2.92 bits per heavy atom. The third-order valence-corrected chi connectivity index (χ3v) is 5.71. The number of aromatic nitrogens is 2. The second-order valence-corrected chi connectivity index (χ2v) is 8.02. The van der Waals surface area contributed by atoms with Crippen molar-refractivity contribution in [3.63, 3.8) is 0 Å². The highest BCUT2D eigenvalue weighted by molar-refractivity contribution is 9.10. The normalized spacial score (nSPS) is 20.5. The lowest BCUT2D eigenvalue weighted by Crippen LogP contribution is -2.28. The smallest absolute Gasteiger partial charge is 0.231 e. The second-order valence-electron chi connectivity index (χ2n) is 6.09. The number of amides is 2. The van der Waals surface area contributed by atoms with Crippen molar-refractivity contribution in [1.82, 2.24) is 10.2 Å². The van der Waals surface area contributed by atoms with Crippen LogP contribution in [0.1, 0.15) is 30.2 Å². The number of rotatable bonds is 4. The Hall–Kier alpha value is -1.80. The van der Waals surface area contributed by atoms with Crippen LogP contribution in [0.15, 0.2) is 28.7 Å². The van der Waals surface area contributed by atoms with Crippen molar-refractivity contribution >= 4 is 49.9 Å². The van der Waals surface area contributed by atoms with Crippen LogP contribution >= 0.6 is 27.3 Å². The highest BCUT2D eigenvalue weighted by atomic mass is 79.9. The number of nitrogens with zero attached hydrogens (tertiary/aromatic N) is 3. The number of hydrogen-bond donors (Lipinski definition) is 1. The maximum atomic E-state index is 12.4. The van der Waals surface area contributed by atoms with Gasteiger partial charge in [0, 0.05) is 29.0 Å². The molecule has 1 atom stereocenters. The van der Waals surface area contributed by atoms with Gasteiger partial charge < -0.3 is 10.2 Å². The first-order chi connectivity index (χ1) is 11.6. The minimum atomic E-state index is -0.371. The minimum absolute atomic E-state index is 0.0378. The molecule has 8 heteroatoms. The first-order valence-electron chi connectivity index (χ1n) is 7.80. The number of nitrogens with one attached hydrogen (secondary N) is 1. The Morgan fingerprint density at radius 2 is 2.17 bits per heavy atom. The number of halogens is 1. The molecule has 1 N–H and O–H groups in total. The number of carbonyl (C=O) groups excluding carboxylic acids is 2. The molecule has 2 fully saturated rings. The van der Waals surface area contributed by atoms with E-state index in [-0.39, 0.29) is 24.2 Å². The van der Waals surface area contributed by atoms with Crippen molar-refractivity contribution in [3.05, 3.63) is 33.7 Å². The van der Waals surface area contributed by atoms with Crippen LogP contribution in [0.5, 0.6) is 0 Å². The summed E-state index contributed by atoms with van der Waals surface area (Å²) in [5.41, 5.74) is 0.802. The van der Waals surface area contributed by atoms with Crippen LogP contribution < -0.4 is 10.2 Å². The zero-order chi connectivity index (χ0) is 16.7. The molecule has 1 aliphatic carbocycles. The van der Waals surface area contributed by atoms with E-state index in [9.17, 15) is 9.59 Å². The maximum Gasteiger partial charge on any atom is 0.231 e. The Morgan fingerprint density at radius 1 is 1.33 bits per heavy atom. The summed E-state index contributed by atoms with van der Waals surface area (Å²) in [7, 11) is 0. The number of anilines is 2. The van der Waals surface area contributed by atoms with Gasteiger partial charge in [0.15, 0.2) is 0 Å². The summed E-state index contributed by atoms with van der Waals surface area (Å²) in [4.78, 5) is 26.4. The molecule has 0 radical (unpaired) electrons. The van der Waals surface area contributed by atoms with Crippen LogP contribution in [0, 0.1) is 5.92 Å². The van der Waals surface area contributed by atoms with E-state index in [0.717, 1.165) is 28.0 Å². The molecule has 1 aromatic heterocycles. The van der Waals surface area contributed by atoms with E-state index in [1.54, 1.807) is 4.90 Å². The Kier molecular flexibility index (Phi) is 4.09. The predicted molar refractivity (Wildman–Crippen MR) is 95.1 cm³/mol. The third-order valence-electron chi connectivity index (χ3n) is 4.21. The SMILES string of the molecule is O=C(Nc1nnc(C2CC2)s1)C1CC(=O)N(c2cccc(Br)c2)C1. The van der Waals surface area contributed by atoms with E-state index in [1.807, 2.05) is 24.3 Å². The molecule has 2 aliphatic rings. The molecule has 0 bridgehead atoms. The summed E-state index contributed by atoms with van der Waals surface area (Å²) < 4.78 is 0.905. The van der Waals surface area contributed by atoms with E-state index in [0.29, 0.717) is 17.6 Å². The van der Waals surface area contributed by atoms with Crippen LogP contribution in [0.2, 0.25) is 0 Å². The minimum Gasteiger partial charge on any atom is -0.312 e. The summed E-state index contributed by atoms with van der Waals surface area (Å²) >= 11 is 4.84. The quantitative estimate of drug-likeness (QED) is 0.845. The van der Waals surface area contributed by atoms with Gasteiger partial charge >= 0.3 is 0 Å². The van der Waals surface area contributed by atoms with Crippen LogP contribution in [-0.2, 0) is 9.59 Å². The van der Waals surface area contributed by atoms with Crippen LogP contribution in [0.25, 0.3) is 0 Å². The van der Waals surface area contributed by atoms with Gasteiger partial charge in [0.2, 0.25) is 16.9 Å². The van der Waals surface area contributed by atoms with E-state index < -0.39 is 0 Å². The fourth-order valence-corrected chi connectivity index (χ4v) is 4.07. The summed E-state index contributed by atoms with van der Waals surface area (Å²) in [6, 6.07) is 7.53. The molecule has 2 heterocycles. The van der Waals surface area contributed by atoms with Crippen molar-refractivity contribution in [2.75, 3.05) is 16.8 Å². The average Bonchev–Trinajstić information content (AvgIpc) is 3.18. The summed E-state index contributed by atoms with van der Waals surface area (Å²) in [5.74, 6) is -0.0542. The largest absolute Gasteiger partial charge is 0.312 e. The Labute approximate surface area is 151 Å². The topological polar surface area (TPSA) is 75.2 Å². The number of hydrogen-bond acceptors (Lipinski definition) is 5. The molecular weight excluding hydrogens is 392 g/mol. The number of carbonyl (C=O) groups is 2. The van der Waals surface area contributed by atoms with E-state index in [4.69, 9.17) is 0 Å². The van der Waals surface area contributed by atoms with E-state index in [1.165, 1.54) is 11.3 Å². The average molecular weight is 407 g/mol. The molecule has 1 aromatic carbocycles. The fourth-order valence-electron chi connectivity index (χ4n) is 2.76. The van der Waals surface area contributed by atoms with Crippen molar-refractivity contribution < 1.29 is 9.59 Å². The molecule has 2 aromatic rings. The standard InChI is InChI=1S/C16H15BrN4O2S/c17-11-2-1-3-12(7-11)21-8-10(6-13(21)22)14(23)18-16-20-19-15(24-16)9-4-5-9/h1-3,7,9-10H,4-6,8H2,(H,18,20,23). The molecule has 4 rings (SSSR count). The molecule has 1 saturated heterocycles. The molecular formula is C16H15BrN4O2S. The molecule has 124 valence electrons. The van der Waals surface area contributed by atoms with Crippen LogP contribution in [-0.4, -0.2) is 28.6 Å². The first-order valence-corrected chi connectivity index (χ1v) is 9.41. The zero-order valence-electron chi connectivity index (χ0n) is 12.7. The Balaban J connectivity index is 1.42.